The Kier molecular flexibility index (Phi) is 4.51. The minimum absolute atomic E-state index is 0.0190. The molecule has 0 saturated carbocycles. The maximum absolute atomic E-state index is 14.2. The maximum atomic E-state index is 14.2. The first-order valence-corrected chi connectivity index (χ1v) is 9.47. The molecule has 5 rings (SSSR count). The van der Waals surface area contributed by atoms with Crippen LogP contribution in [0.3, 0.4) is 0 Å². The highest BCUT2D eigenvalue weighted by Gasteiger charge is 2.23. The van der Waals surface area contributed by atoms with Crippen LogP contribution in [-0.4, -0.2) is 29.1 Å². The minimum Gasteiger partial charge on any atom is -0.443 e. The highest BCUT2D eigenvalue weighted by molar-refractivity contribution is 5.88. The van der Waals surface area contributed by atoms with E-state index in [1.807, 2.05) is 0 Å². The van der Waals surface area contributed by atoms with E-state index in [1.165, 1.54) is 45.8 Å². The highest BCUT2D eigenvalue weighted by Crippen LogP contribution is 2.33. The predicted octanol–water partition coefficient (Wildman–Crippen LogP) is 2.60. The summed E-state index contributed by atoms with van der Waals surface area (Å²) in [5.41, 5.74) is 7.33. The van der Waals surface area contributed by atoms with Crippen LogP contribution in [0.5, 0.6) is 0 Å². The molecule has 1 aromatic carbocycles. The quantitative estimate of drug-likeness (QED) is 0.461. The van der Waals surface area contributed by atoms with E-state index in [2.05, 4.69) is 20.1 Å². The Bertz CT molecular complexity index is 1500. The summed E-state index contributed by atoms with van der Waals surface area (Å²) in [7, 11) is 1.61. The molecule has 0 saturated heterocycles. The molecule has 9 nitrogen and oxygen atoms in total. The van der Waals surface area contributed by atoms with Gasteiger partial charge in [0.1, 0.15) is 23.6 Å². The lowest BCUT2D eigenvalue weighted by molar-refractivity contribution is 0.559. The van der Waals surface area contributed by atoms with Gasteiger partial charge in [-0.15, -0.1) is 5.10 Å². The number of hydrogen-bond acceptors (Lipinski definition) is 7. The molecule has 0 unspecified atom stereocenters. The topological polar surface area (TPSA) is 117 Å². The van der Waals surface area contributed by atoms with Gasteiger partial charge in [0.25, 0.3) is 0 Å². The number of aromatic nitrogens is 6. The summed E-state index contributed by atoms with van der Waals surface area (Å²) < 4.78 is 36.4. The van der Waals surface area contributed by atoms with Gasteiger partial charge >= 0.3 is 0 Å². The number of anilines is 1. The monoisotopic (exact) mass is 435 g/mol. The normalized spacial score (nSPS) is 11.3. The van der Waals surface area contributed by atoms with Crippen molar-refractivity contribution in [3.8, 4) is 22.7 Å². The van der Waals surface area contributed by atoms with Gasteiger partial charge in [-0.05, 0) is 18.2 Å². The number of hydrogen-bond donors (Lipinski definition) is 1. The zero-order valence-corrected chi connectivity index (χ0v) is 16.7. The highest BCUT2D eigenvalue weighted by atomic mass is 19.1. The number of halogens is 2. The Morgan fingerprint density at radius 2 is 1.91 bits per heavy atom. The molecule has 0 aliphatic heterocycles. The van der Waals surface area contributed by atoms with E-state index in [0.29, 0.717) is 11.1 Å². The number of benzene rings is 1. The number of nitrogens with two attached hydrogens (primary N) is 1. The summed E-state index contributed by atoms with van der Waals surface area (Å²) in [5.74, 6) is -1.09. The average Bonchev–Trinajstić information content (AvgIpc) is 3.43. The smallest absolute Gasteiger partial charge is 0.250 e. The largest absolute Gasteiger partial charge is 0.443 e. The van der Waals surface area contributed by atoms with E-state index in [1.54, 1.807) is 19.3 Å². The first-order valence-electron chi connectivity index (χ1n) is 9.47. The Morgan fingerprint density at radius 1 is 1.12 bits per heavy atom. The number of pyridine rings is 1. The van der Waals surface area contributed by atoms with Crippen LogP contribution in [0, 0.1) is 11.6 Å². The van der Waals surface area contributed by atoms with Crippen molar-refractivity contribution in [2.75, 3.05) is 5.73 Å². The van der Waals surface area contributed by atoms with Crippen LogP contribution < -0.4 is 11.3 Å². The van der Waals surface area contributed by atoms with Gasteiger partial charge in [-0.3, -0.25) is 4.79 Å². The van der Waals surface area contributed by atoms with Crippen LogP contribution in [0.2, 0.25) is 0 Å². The van der Waals surface area contributed by atoms with E-state index < -0.39 is 11.6 Å². The second-order valence-electron chi connectivity index (χ2n) is 7.04. The molecule has 2 N–H and O–H groups in total. The molecule has 160 valence electrons. The van der Waals surface area contributed by atoms with Crippen molar-refractivity contribution in [1.82, 2.24) is 29.1 Å². The van der Waals surface area contributed by atoms with Crippen molar-refractivity contribution in [2.45, 2.75) is 6.42 Å². The van der Waals surface area contributed by atoms with Gasteiger partial charge in [0.15, 0.2) is 11.5 Å². The summed E-state index contributed by atoms with van der Waals surface area (Å²) in [4.78, 5) is 24.9. The average molecular weight is 435 g/mol. The van der Waals surface area contributed by atoms with E-state index in [9.17, 15) is 13.6 Å². The molecule has 0 radical (unpaired) electrons. The Morgan fingerprint density at radius 3 is 2.59 bits per heavy atom. The molecule has 4 heterocycles. The van der Waals surface area contributed by atoms with E-state index >= 15 is 0 Å². The van der Waals surface area contributed by atoms with Crippen molar-refractivity contribution >= 4 is 11.6 Å². The summed E-state index contributed by atoms with van der Waals surface area (Å²) in [6.45, 7) is 0. The van der Waals surface area contributed by atoms with Gasteiger partial charge < -0.3 is 14.7 Å². The Hall–Kier alpha value is -4.41. The molecule has 4 aromatic heterocycles. The van der Waals surface area contributed by atoms with Crippen molar-refractivity contribution in [3.05, 3.63) is 82.4 Å². The minimum atomic E-state index is -0.700. The standard InChI is InChI=1S/C21H15F2N7O2/c1-29-10-11(5-6-16(29)31)17-18(20-25-7-8-32-20)27-21(24)30-19(17)26-15(28-30)9-12-13(22)3-2-4-14(12)23/h2-8,10H,9H2,1H3,(H2,24,27). The number of fused-ring (bicyclic) bond motifs is 1. The second kappa shape index (κ2) is 7.38. The summed E-state index contributed by atoms with van der Waals surface area (Å²) >= 11 is 0. The Balaban J connectivity index is 1.77. The van der Waals surface area contributed by atoms with Crippen LogP contribution in [0.25, 0.3) is 28.4 Å². The molecule has 11 heteroatoms. The fourth-order valence-electron chi connectivity index (χ4n) is 3.44. The van der Waals surface area contributed by atoms with Crippen LogP contribution in [0.1, 0.15) is 11.4 Å². The van der Waals surface area contributed by atoms with E-state index in [4.69, 9.17) is 10.2 Å². The lowest BCUT2D eigenvalue weighted by atomic mass is 10.1. The lowest BCUT2D eigenvalue weighted by Gasteiger charge is -2.10. The molecule has 0 fully saturated rings. The molecule has 0 bridgehead atoms. The zero-order valence-electron chi connectivity index (χ0n) is 16.7. The first kappa shape index (κ1) is 19.5. The SMILES string of the molecule is Cn1cc(-c2c(-c3ncco3)nc(N)n3nc(Cc4c(F)cccc4F)nc23)ccc1=O. The van der Waals surface area contributed by atoms with Gasteiger partial charge in [0, 0.05) is 36.9 Å². The van der Waals surface area contributed by atoms with Crippen LogP contribution in [0.4, 0.5) is 14.7 Å². The van der Waals surface area contributed by atoms with Gasteiger partial charge in [-0.2, -0.15) is 4.52 Å². The van der Waals surface area contributed by atoms with Gasteiger partial charge in [-0.1, -0.05) is 6.07 Å². The molecule has 5 aromatic rings. The lowest BCUT2D eigenvalue weighted by Crippen LogP contribution is -2.14. The number of nitrogen functional groups attached to an aromatic ring is 1. The second-order valence-corrected chi connectivity index (χ2v) is 7.04. The first-order chi connectivity index (χ1) is 15.4. The fraction of sp³-hybridized carbons (Fsp3) is 0.0952. The van der Waals surface area contributed by atoms with Crippen LogP contribution >= 0.6 is 0 Å². The molecule has 0 atom stereocenters. The van der Waals surface area contributed by atoms with E-state index in [-0.39, 0.29) is 46.5 Å². The predicted molar refractivity (Wildman–Crippen MR) is 111 cm³/mol. The Labute approximate surface area is 178 Å². The molecular weight excluding hydrogens is 420 g/mol. The van der Waals surface area contributed by atoms with Gasteiger partial charge in [0.2, 0.25) is 17.4 Å². The van der Waals surface area contributed by atoms with Crippen molar-refractivity contribution in [1.29, 1.82) is 0 Å². The number of aryl methyl sites for hydroxylation is 1. The molecule has 0 amide bonds. The van der Waals surface area contributed by atoms with Crippen molar-refractivity contribution in [3.63, 3.8) is 0 Å². The van der Waals surface area contributed by atoms with Gasteiger partial charge in [-0.25, -0.2) is 23.7 Å². The molecule has 0 spiro atoms. The summed E-state index contributed by atoms with van der Waals surface area (Å²) in [6.07, 6.45) is 4.25. The number of oxazole rings is 1. The van der Waals surface area contributed by atoms with Crippen molar-refractivity contribution < 1.29 is 13.2 Å². The summed E-state index contributed by atoms with van der Waals surface area (Å²) in [5, 5.41) is 4.30. The summed E-state index contributed by atoms with van der Waals surface area (Å²) in [6, 6.07) is 6.62. The number of nitrogens with zero attached hydrogens (tertiary/aromatic N) is 6. The molecule has 0 aliphatic rings. The third-order valence-corrected chi connectivity index (χ3v) is 4.96. The molecular formula is C21H15F2N7O2. The van der Waals surface area contributed by atoms with Crippen LogP contribution in [0.15, 0.2) is 58.2 Å². The third-order valence-electron chi connectivity index (χ3n) is 4.96. The van der Waals surface area contributed by atoms with Gasteiger partial charge in [0.05, 0.1) is 11.8 Å². The molecule has 0 aliphatic carbocycles. The van der Waals surface area contributed by atoms with Crippen molar-refractivity contribution in [2.24, 2.45) is 7.05 Å². The maximum Gasteiger partial charge on any atom is 0.250 e. The van der Waals surface area contributed by atoms with E-state index in [0.717, 1.165) is 0 Å². The third kappa shape index (κ3) is 3.20. The number of rotatable bonds is 4. The zero-order chi connectivity index (χ0) is 22.4. The molecule has 32 heavy (non-hydrogen) atoms. The van der Waals surface area contributed by atoms with Crippen LogP contribution in [-0.2, 0) is 13.5 Å². The fourth-order valence-corrected chi connectivity index (χ4v) is 3.44.